The number of aromatic nitrogens is 4. The standard InChI is InChI=1S/C26H28FN7O6/c1-29-24(37)21-19(35)20(36)26(40-21)34-12-30-18-22(28)31-17(32-23(18)34)7-4-10-33(14-5-3-6-14)25(38)13-8-9-16(39-2)15(27)11-13/h8-9,11-12,14,19-21,26,35-36H,3,5-6,10H2,1-2H3,(H,29,37)(H2,28,31,32)/t19-,20+,21-,26+/m0/s1. The largest absolute Gasteiger partial charge is 0.494 e. The van der Waals surface area contributed by atoms with Crippen LogP contribution in [0.25, 0.3) is 11.2 Å². The minimum atomic E-state index is -1.48. The van der Waals surface area contributed by atoms with E-state index in [1.54, 1.807) is 4.90 Å². The van der Waals surface area contributed by atoms with Gasteiger partial charge >= 0.3 is 0 Å². The number of methoxy groups -OCH3 is 1. The summed E-state index contributed by atoms with van der Waals surface area (Å²) in [5.41, 5.74) is 6.65. The number of benzene rings is 1. The van der Waals surface area contributed by atoms with E-state index in [9.17, 15) is 24.2 Å². The van der Waals surface area contributed by atoms with Crippen molar-refractivity contribution in [2.75, 3.05) is 26.4 Å². The van der Waals surface area contributed by atoms with Crippen molar-refractivity contribution in [3.05, 3.63) is 41.7 Å². The molecule has 0 spiro atoms. The molecule has 5 N–H and O–H groups in total. The Bertz CT molecular complexity index is 1510. The molecule has 2 aliphatic rings. The topological polar surface area (TPSA) is 178 Å². The van der Waals surface area contributed by atoms with Crippen LogP contribution in [0.4, 0.5) is 10.2 Å². The third kappa shape index (κ3) is 4.90. The number of likely N-dealkylation sites (N-methyl/N-ethyl adjacent to an activating group) is 1. The van der Waals surface area contributed by atoms with Crippen molar-refractivity contribution in [1.82, 2.24) is 29.7 Å². The van der Waals surface area contributed by atoms with Crippen LogP contribution in [-0.2, 0) is 9.53 Å². The predicted molar refractivity (Wildman–Crippen MR) is 138 cm³/mol. The van der Waals surface area contributed by atoms with E-state index in [4.69, 9.17) is 15.2 Å². The molecule has 2 aromatic heterocycles. The lowest BCUT2D eigenvalue weighted by molar-refractivity contribution is -0.137. The maximum atomic E-state index is 14.2. The average molecular weight is 554 g/mol. The Labute approximate surface area is 228 Å². The summed E-state index contributed by atoms with van der Waals surface area (Å²) in [4.78, 5) is 39.6. The number of hydrogen-bond acceptors (Lipinski definition) is 10. The second-order valence-corrected chi connectivity index (χ2v) is 9.47. The van der Waals surface area contributed by atoms with E-state index < -0.39 is 36.3 Å². The van der Waals surface area contributed by atoms with Crippen molar-refractivity contribution in [3.8, 4) is 17.6 Å². The maximum absolute atomic E-state index is 14.2. The number of amides is 2. The Balaban J connectivity index is 1.40. The highest BCUT2D eigenvalue weighted by atomic mass is 19.1. The summed E-state index contributed by atoms with van der Waals surface area (Å²) in [6, 6.07) is 4.03. The summed E-state index contributed by atoms with van der Waals surface area (Å²) >= 11 is 0. The van der Waals surface area contributed by atoms with Gasteiger partial charge in [0.25, 0.3) is 11.8 Å². The van der Waals surface area contributed by atoms with Crippen molar-refractivity contribution < 1.29 is 33.7 Å². The van der Waals surface area contributed by atoms with Gasteiger partial charge in [0, 0.05) is 18.7 Å². The first-order valence-corrected chi connectivity index (χ1v) is 12.6. The maximum Gasteiger partial charge on any atom is 0.254 e. The molecule has 2 amide bonds. The van der Waals surface area contributed by atoms with Crippen LogP contribution in [0.15, 0.2) is 24.5 Å². The highest BCUT2D eigenvalue weighted by molar-refractivity contribution is 5.95. The van der Waals surface area contributed by atoms with Crippen LogP contribution in [0.5, 0.6) is 5.75 Å². The van der Waals surface area contributed by atoms with E-state index in [-0.39, 0.29) is 52.6 Å². The number of carbonyl (C=O) groups excluding carboxylic acids is 2. The van der Waals surface area contributed by atoms with Crippen LogP contribution in [-0.4, -0.2) is 91.5 Å². The van der Waals surface area contributed by atoms with Gasteiger partial charge < -0.3 is 35.6 Å². The van der Waals surface area contributed by atoms with Crippen molar-refractivity contribution in [2.24, 2.45) is 0 Å². The van der Waals surface area contributed by atoms with Crippen LogP contribution in [0.1, 0.15) is 41.7 Å². The van der Waals surface area contributed by atoms with Gasteiger partial charge in [-0.05, 0) is 43.4 Å². The third-order valence-corrected chi connectivity index (χ3v) is 7.09. The zero-order chi connectivity index (χ0) is 28.6. The van der Waals surface area contributed by atoms with Crippen molar-refractivity contribution in [3.63, 3.8) is 0 Å². The van der Waals surface area contributed by atoms with Gasteiger partial charge in [-0.1, -0.05) is 5.92 Å². The molecule has 0 unspecified atom stereocenters. The van der Waals surface area contributed by atoms with Crippen molar-refractivity contribution in [1.29, 1.82) is 0 Å². The summed E-state index contributed by atoms with van der Waals surface area (Å²) in [6.07, 6.45) is -1.48. The predicted octanol–water partition coefficient (Wildman–Crippen LogP) is -0.0322. The Morgan fingerprint density at radius 1 is 1.30 bits per heavy atom. The van der Waals surface area contributed by atoms with Crippen molar-refractivity contribution >= 4 is 28.8 Å². The zero-order valence-corrected chi connectivity index (χ0v) is 21.7. The number of rotatable bonds is 6. The summed E-state index contributed by atoms with van der Waals surface area (Å²) in [6.45, 7) is 0.0438. The number of nitrogens with zero attached hydrogens (tertiary/aromatic N) is 5. The van der Waals surface area contributed by atoms with Gasteiger partial charge in [-0.15, -0.1) is 0 Å². The minimum absolute atomic E-state index is 0.0181. The summed E-state index contributed by atoms with van der Waals surface area (Å²) in [7, 11) is 2.74. The molecule has 13 nitrogen and oxygen atoms in total. The number of nitrogens with two attached hydrogens (primary N) is 1. The van der Waals surface area contributed by atoms with E-state index in [1.807, 2.05) is 0 Å². The van der Waals surface area contributed by atoms with Gasteiger partial charge in [0.05, 0.1) is 20.0 Å². The number of carbonyl (C=O) groups is 2. The first-order valence-electron chi connectivity index (χ1n) is 12.6. The number of fused-ring (bicyclic) bond motifs is 1. The average Bonchev–Trinajstić information content (AvgIpc) is 3.47. The molecule has 0 bridgehead atoms. The number of imidazole rings is 1. The molecule has 1 aliphatic carbocycles. The first-order chi connectivity index (χ1) is 19.2. The highest BCUT2D eigenvalue weighted by Crippen LogP contribution is 2.32. The molecule has 1 saturated carbocycles. The quantitative estimate of drug-likeness (QED) is 0.303. The van der Waals surface area contributed by atoms with E-state index in [1.165, 1.54) is 37.2 Å². The molecular formula is C26H28FN7O6. The number of aliphatic hydroxyl groups excluding tert-OH is 2. The van der Waals surface area contributed by atoms with Crippen LogP contribution in [0.3, 0.4) is 0 Å². The zero-order valence-electron chi connectivity index (χ0n) is 21.7. The van der Waals surface area contributed by atoms with E-state index in [2.05, 4.69) is 32.1 Å². The monoisotopic (exact) mass is 553 g/mol. The Hall–Kier alpha value is -4.32. The lowest BCUT2D eigenvalue weighted by Crippen LogP contribution is -2.44. The van der Waals surface area contributed by atoms with Gasteiger partial charge in [-0.2, -0.15) is 0 Å². The smallest absolute Gasteiger partial charge is 0.254 e. The molecule has 1 aromatic carbocycles. The summed E-state index contributed by atoms with van der Waals surface area (Å²) in [5.74, 6) is 4.23. The molecule has 0 radical (unpaired) electrons. The van der Waals surface area contributed by atoms with E-state index in [0.717, 1.165) is 25.3 Å². The first kappa shape index (κ1) is 27.3. The van der Waals surface area contributed by atoms with Crippen LogP contribution in [0, 0.1) is 17.7 Å². The number of anilines is 1. The normalized spacial score (nSPS) is 22.3. The Kier molecular flexibility index (Phi) is 7.53. The van der Waals surface area contributed by atoms with Gasteiger partial charge in [-0.25, -0.2) is 19.3 Å². The Morgan fingerprint density at radius 2 is 2.08 bits per heavy atom. The number of halogens is 1. The second-order valence-electron chi connectivity index (χ2n) is 9.47. The fourth-order valence-corrected chi connectivity index (χ4v) is 4.66. The number of ether oxygens (including phenoxy) is 2. The third-order valence-electron chi connectivity index (χ3n) is 7.09. The lowest BCUT2D eigenvalue weighted by Gasteiger charge is -2.36. The van der Waals surface area contributed by atoms with Gasteiger partial charge in [0.2, 0.25) is 5.82 Å². The van der Waals surface area contributed by atoms with Gasteiger partial charge in [0.15, 0.2) is 35.4 Å². The number of hydrogen-bond donors (Lipinski definition) is 4. The molecule has 3 aromatic rings. The van der Waals surface area contributed by atoms with E-state index in [0.29, 0.717) is 0 Å². The molecule has 3 heterocycles. The Morgan fingerprint density at radius 3 is 2.73 bits per heavy atom. The second kappa shape index (κ2) is 11.0. The summed E-state index contributed by atoms with van der Waals surface area (Å²) in [5, 5.41) is 23.2. The lowest BCUT2D eigenvalue weighted by atomic mass is 9.91. The summed E-state index contributed by atoms with van der Waals surface area (Å²) < 4.78 is 26.1. The molecule has 5 rings (SSSR count). The van der Waals surface area contributed by atoms with E-state index >= 15 is 0 Å². The molecule has 14 heteroatoms. The van der Waals surface area contributed by atoms with Crippen molar-refractivity contribution in [2.45, 2.75) is 49.8 Å². The minimum Gasteiger partial charge on any atom is -0.494 e. The molecule has 2 fully saturated rings. The van der Waals surface area contributed by atoms with Crippen LogP contribution in [0.2, 0.25) is 0 Å². The van der Waals surface area contributed by atoms with Crippen LogP contribution >= 0.6 is 0 Å². The number of aliphatic hydroxyl groups is 2. The SMILES string of the molecule is CNC(=O)[C@H]1O[C@@H](n2cnc3c(N)nc(C#CCN(C(=O)c4ccc(OC)c(F)c4)C4CCC4)nc32)[C@H](O)[C@@H]1O. The number of nitrogen functional groups attached to an aromatic ring is 1. The number of nitrogens with one attached hydrogen (secondary N) is 1. The molecule has 40 heavy (non-hydrogen) atoms. The fourth-order valence-electron chi connectivity index (χ4n) is 4.66. The molecule has 1 aliphatic heterocycles. The molecule has 4 atom stereocenters. The van der Waals surface area contributed by atoms with Gasteiger partial charge in [-0.3, -0.25) is 14.2 Å². The highest BCUT2D eigenvalue weighted by Gasteiger charge is 2.47. The van der Waals surface area contributed by atoms with Gasteiger partial charge in [0.1, 0.15) is 17.7 Å². The molecular weight excluding hydrogens is 525 g/mol. The fraction of sp³-hybridized carbons (Fsp3) is 0.423. The molecule has 1 saturated heterocycles. The molecule has 210 valence electrons. The van der Waals surface area contributed by atoms with Crippen LogP contribution < -0.4 is 15.8 Å².